The highest BCUT2D eigenvalue weighted by atomic mass is 16.3. The number of carbonyl (C=O) groups excluding carboxylic acids is 2. The molecule has 0 radical (unpaired) electrons. The minimum absolute atomic E-state index is 0.0711. The molecule has 2 saturated heterocycles. The normalized spacial score (nSPS) is 31.0. The fraction of sp³-hybridized carbons (Fsp3) is 0.909. The van der Waals surface area contributed by atoms with Crippen molar-refractivity contribution in [1.82, 2.24) is 9.80 Å². The summed E-state index contributed by atoms with van der Waals surface area (Å²) in [5.41, 5.74) is 0. The number of hydrogen-bond donors (Lipinski definition) is 5. The van der Waals surface area contributed by atoms with Crippen LogP contribution in [0, 0.1) is 0 Å². The molecule has 2 fully saturated rings. The number of rotatable bonds is 10. The molecule has 9 nitrogen and oxygen atoms in total. The molecule has 0 bridgehead atoms. The van der Waals surface area contributed by atoms with Gasteiger partial charge >= 0.3 is 0 Å². The van der Waals surface area contributed by atoms with Gasteiger partial charge in [0.2, 0.25) is 11.8 Å². The topological polar surface area (TPSA) is 142 Å². The van der Waals surface area contributed by atoms with E-state index in [9.17, 15) is 35.1 Å². The third-order valence-electron chi connectivity index (χ3n) is 6.90. The van der Waals surface area contributed by atoms with Crippen LogP contribution in [0.4, 0.5) is 0 Å². The molecule has 2 aliphatic heterocycles. The van der Waals surface area contributed by atoms with Crippen LogP contribution >= 0.6 is 0 Å². The Labute approximate surface area is 184 Å². The average molecular weight is 445 g/mol. The molecule has 0 aliphatic carbocycles. The molecule has 2 aliphatic rings. The van der Waals surface area contributed by atoms with Crippen LogP contribution in [0.25, 0.3) is 0 Å². The van der Waals surface area contributed by atoms with Gasteiger partial charge in [0.1, 0.15) is 18.3 Å². The van der Waals surface area contributed by atoms with E-state index >= 15 is 0 Å². The van der Waals surface area contributed by atoms with Crippen LogP contribution in [0.15, 0.2) is 0 Å². The van der Waals surface area contributed by atoms with Crippen molar-refractivity contribution in [3.05, 3.63) is 0 Å². The lowest BCUT2D eigenvalue weighted by Gasteiger charge is -2.39. The van der Waals surface area contributed by atoms with E-state index in [1.54, 1.807) is 4.90 Å². The summed E-state index contributed by atoms with van der Waals surface area (Å²) in [6.45, 7) is 3.09. The van der Waals surface area contributed by atoms with Gasteiger partial charge in [-0.25, -0.2) is 0 Å². The number of amides is 2. The summed E-state index contributed by atoms with van der Waals surface area (Å²) in [5.74, 6) is -0.350. The summed E-state index contributed by atoms with van der Waals surface area (Å²) in [6.07, 6.45) is 2.58. The number of aliphatic hydroxyl groups is 5. The number of piperidine rings is 1. The van der Waals surface area contributed by atoms with E-state index in [-0.39, 0.29) is 17.9 Å². The zero-order valence-electron chi connectivity index (χ0n) is 18.8. The summed E-state index contributed by atoms with van der Waals surface area (Å²) >= 11 is 0. The van der Waals surface area contributed by atoms with E-state index in [0.29, 0.717) is 25.8 Å². The summed E-state index contributed by atoms with van der Waals surface area (Å²) < 4.78 is 0. The molecule has 2 rings (SSSR count). The molecule has 2 heterocycles. The lowest BCUT2D eigenvalue weighted by atomic mass is 9.92. The van der Waals surface area contributed by atoms with Crippen LogP contribution in [0.3, 0.4) is 0 Å². The van der Waals surface area contributed by atoms with Crippen LogP contribution in [-0.2, 0) is 9.59 Å². The van der Waals surface area contributed by atoms with Crippen molar-refractivity contribution in [3.8, 4) is 0 Å². The second kappa shape index (κ2) is 12.1. The highest BCUT2D eigenvalue weighted by Gasteiger charge is 2.48. The molecule has 0 unspecified atom stereocenters. The van der Waals surface area contributed by atoms with Gasteiger partial charge in [-0.1, -0.05) is 25.7 Å². The van der Waals surface area contributed by atoms with Gasteiger partial charge in [-0.05, 0) is 32.1 Å². The Hall–Kier alpha value is -1.26. The standard InChI is InChI=1S/C22H40N2O7/c1-14(26)23-12-8-7-9-16(23)20(29)19(28)11-6-4-3-5-10-17-21(30)22(31)18(13-25)24(17)15(2)27/h16-22,25,28-31H,3-13H2,1-2H3/t16-,17+,18-,19+,20+,21-,22-/m1/s1. The van der Waals surface area contributed by atoms with Crippen molar-refractivity contribution < 1.29 is 35.1 Å². The van der Waals surface area contributed by atoms with E-state index in [4.69, 9.17) is 0 Å². The Morgan fingerprint density at radius 3 is 2.19 bits per heavy atom. The van der Waals surface area contributed by atoms with Gasteiger partial charge in [-0.3, -0.25) is 9.59 Å². The Bertz CT molecular complexity index is 590. The van der Waals surface area contributed by atoms with Crippen LogP contribution in [0.2, 0.25) is 0 Å². The third-order valence-corrected chi connectivity index (χ3v) is 6.90. The quantitative estimate of drug-likeness (QED) is 0.293. The number of unbranched alkanes of at least 4 members (excludes halogenated alkanes) is 3. The number of hydrogen-bond acceptors (Lipinski definition) is 7. The molecule has 180 valence electrons. The molecule has 5 N–H and O–H groups in total. The first-order valence-corrected chi connectivity index (χ1v) is 11.6. The molecule has 9 heteroatoms. The van der Waals surface area contributed by atoms with Crippen molar-refractivity contribution in [2.45, 2.75) is 114 Å². The predicted octanol–water partition coefficient (Wildman–Crippen LogP) is -0.237. The maximum atomic E-state index is 11.9. The molecule has 0 spiro atoms. The predicted molar refractivity (Wildman–Crippen MR) is 114 cm³/mol. The molecule has 7 atom stereocenters. The summed E-state index contributed by atoms with van der Waals surface area (Å²) in [7, 11) is 0. The Balaban J connectivity index is 1.71. The van der Waals surface area contributed by atoms with E-state index in [1.807, 2.05) is 0 Å². The highest BCUT2D eigenvalue weighted by molar-refractivity contribution is 5.75. The van der Waals surface area contributed by atoms with E-state index in [2.05, 4.69) is 0 Å². The molecular weight excluding hydrogens is 404 g/mol. The van der Waals surface area contributed by atoms with Crippen molar-refractivity contribution in [2.24, 2.45) is 0 Å². The first-order valence-electron chi connectivity index (χ1n) is 11.6. The van der Waals surface area contributed by atoms with Gasteiger partial charge in [-0.15, -0.1) is 0 Å². The van der Waals surface area contributed by atoms with Gasteiger partial charge in [0, 0.05) is 20.4 Å². The van der Waals surface area contributed by atoms with Crippen molar-refractivity contribution >= 4 is 11.8 Å². The van der Waals surface area contributed by atoms with Crippen LogP contribution in [0.5, 0.6) is 0 Å². The van der Waals surface area contributed by atoms with Crippen molar-refractivity contribution in [2.75, 3.05) is 13.2 Å². The van der Waals surface area contributed by atoms with Gasteiger partial charge in [-0.2, -0.15) is 0 Å². The SMILES string of the molecule is CC(=O)N1CCCC[C@@H]1[C@H](O)[C@@H](O)CCCCCC[C@H]1[C@@H](O)[C@H](O)[C@@H](CO)N1C(C)=O. The van der Waals surface area contributed by atoms with E-state index < -0.39 is 43.1 Å². The second-order valence-corrected chi connectivity index (χ2v) is 9.05. The van der Waals surface area contributed by atoms with Crippen molar-refractivity contribution in [3.63, 3.8) is 0 Å². The van der Waals surface area contributed by atoms with Gasteiger partial charge < -0.3 is 35.3 Å². The van der Waals surface area contributed by atoms with Gasteiger partial charge in [0.05, 0.1) is 30.8 Å². The maximum absolute atomic E-state index is 11.9. The molecule has 0 aromatic rings. The largest absolute Gasteiger partial charge is 0.394 e. The third kappa shape index (κ3) is 6.38. The van der Waals surface area contributed by atoms with Crippen LogP contribution in [0.1, 0.15) is 71.6 Å². The number of likely N-dealkylation sites (tertiary alicyclic amines) is 2. The number of nitrogens with zero attached hydrogens (tertiary/aromatic N) is 2. The minimum atomic E-state index is -1.15. The van der Waals surface area contributed by atoms with Crippen LogP contribution in [-0.4, -0.2) is 103 Å². The Kier molecular flexibility index (Phi) is 10.2. The monoisotopic (exact) mass is 444 g/mol. The molecular formula is C22H40N2O7. The van der Waals surface area contributed by atoms with E-state index in [1.165, 1.54) is 18.7 Å². The maximum Gasteiger partial charge on any atom is 0.220 e. The van der Waals surface area contributed by atoms with E-state index in [0.717, 1.165) is 38.5 Å². The zero-order valence-corrected chi connectivity index (χ0v) is 18.8. The molecule has 0 saturated carbocycles. The fourth-order valence-electron chi connectivity index (χ4n) is 5.19. The second-order valence-electron chi connectivity index (χ2n) is 9.05. The smallest absolute Gasteiger partial charge is 0.220 e. The number of carbonyl (C=O) groups is 2. The lowest BCUT2D eigenvalue weighted by Crippen LogP contribution is -2.52. The highest BCUT2D eigenvalue weighted by Crippen LogP contribution is 2.29. The molecule has 31 heavy (non-hydrogen) atoms. The lowest BCUT2D eigenvalue weighted by molar-refractivity contribution is -0.138. The first kappa shape index (κ1) is 26.0. The molecule has 0 aromatic carbocycles. The summed E-state index contributed by atoms with van der Waals surface area (Å²) in [6, 6.07) is -1.61. The van der Waals surface area contributed by atoms with Crippen LogP contribution < -0.4 is 0 Å². The number of aliphatic hydroxyl groups excluding tert-OH is 5. The summed E-state index contributed by atoms with van der Waals surface area (Å²) in [5, 5.41) is 50.7. The Morgan fingerprint density at radius 2 is 1.58 bits per heavy atom. The molecule has 2 amide bonds. The first-order chi connectivity index (χ1) is 14.7. The summed E-state index contributed by atoms with van der Waals surface area (Å²) in [4.78, 5) is 26.7. The zero-order chi connectivity index (χ0) is 23.1. The average Bonchev–Trinajstić information content (AvgIpc) is 2.99. The molecule has 0 aromatic heterocycles. The van der Waals surface area contributed by atoms with Gasteiger partial charge in [0.25, 0.3) is 0 Å². The van der Waals surface area contributed by atoms with Gasteiger partial charge in [0.15, 0.2) is 0 Å². The van der Waals surface area contributed by atoms with Crippen molar-refractivity contribution in [1.29, 1.82) is 0 Å². The Morgan fingerprint density at radius 1 is 0.935 bits per heavy atom. The minimum Gasteiger partial charge on any atom is -0.394 e. The fourth-order valence-corrected chi connectivity index (χ4v) is 5.19.